The van der Waals surface area contributed by atoms with E-state index in [4.69, 9.17) is 11.6 Å². The summed E-state index contributed by atoms with van der Waals surface area (Å²) in [7, 11) is 0. The summed E-state index contributed by atoms with van der Waals surface area (Å²) < 4.78 is 1.82. The number of likely N-dealkylation sites (tertiary alicyclic amines) is 1. The molecule has 2 aromatic rings. The second-order valence-electron chi connectivity index (χ2n) is 5.23. The Morgan fingerprint density at radius 1 is 1.45 bits per heavy atom. The summed E-state index contributed by atoms with van der Waals surface area (Å²) in [4.78, 5) is 18.0. The first-order valence-electron chi connectivity index (χ1n) is 6.69. The number of aromatic nitrogens is 2. The van der Waals surface area contributed by atoms with Crippen LogP contribution in [0.4, 0.5) is 0 Å². The fraction of sp³-hybridized carbons (Fsp3) is 0.429. The average molecular weight is 294 g/mol. The van der Waals surface area contributed by atoms with E-state index >= 15 is 0 Å². The second-order valence-corrected chi connectivity index (χ2v) is 5.67. The van der Waals surface area contributed by atoms with E-state index in [1.54, 1.807) is 12.3 Å². The maximum atomic E-state index is 11.4. The second kappa shape index (κ2) is 5.07. The molecule has 3 heterocycles. The summed E-state index contributed by atoms with van der Waals surface area (Å²) >= 11 is 6.09. The maximum absolute atomic E-state index is 11.4. The van der Waals surface area contributed by atoms with Crippen molar-refractivity contribution in [2.75, 3.05) is 13.1 Å². The Morgan fingerprint density at radius 3 is 2.80 bits per heavy atom. The van der Waals surface area contributed by atoms with Gasteiger partial charge in [-0.3, -0.25) is 4.90 Å². The first-order valence-corrected chi connectivity index (χ1v) is 7.07. The van der Waals surface area contributed by atoms with Gasteiger partial charge in [0, 0.05) is 12.7 Å². The van der Waals surface area contributed by atoms with Gasteiger partial charge in [-0.05, 0) is 44.5 Å². The van der Waals surface area contributed by atoms with Crippen LogP contribution in [0.15, 0.2) is 12.3 Å². The number of hydrogen-bond acceptors (Lipinski definition) is 3. The van der Waals surface area contributed by atoms with E-state index in [-0.39, 0.29) is 5.69 Å². The van der Waals surface area contributed by atoms with Crippen LogP contribution in [0.1, 0.15) is 34.6 Å². The van der Waals surface area contributed by atoms with Crippen LogP contribution in [0.2, 0.25) is 5.02 Å². The number of aromatic carboxylic acids is 1. The highest BCUT2D eigenvalue weighted by Gasteiger charge is 2.22. The Balaban J connectivity index is 2.15. The van der Waals surface area contributed by atoms with E-state index in [9.17, 15) is 9.90 Å². The van der Waals surface area contributed by atoms with Crippen LogP contribution in [0, 0.1) is 6.92 Å². The van der Waals surface area contributed by atoms with Crippen LogP contribution in [0.25, 0.3) is 5.65 Å². The summed E-state index contributed by atoms with van der Waals surface area (Å²) in [6, 6.07) is 1.80. The number of carboxylic acids is 1. The Kier molecular flexibility index (Phi) is 3.40. The standard InChI is InChI=1S/C14H16ClN3O2/c1-9-6-10(15)7-18-11(8-17-4-2-3-5-17)12(14(19)20)16-13(9)18/h6-7H,2-5,8H2,1H3,(H,19,20). The molecule has 106 valence electrons. The third kappa shape index (κ3) is 2.27. The van der Waals surface area contributed by atoms with Crippen molar-refractivity contribution in [3.8, 4) is 0 Å². The SMILES string of the molecule is Cc1cc(Cl)cn2c(CN3CCCC3)c(C(=O)O)nc12. The molecule has 5 nitrogen and oxygen atoms in total. The van der Waals surface area contributed by atoms with Crippen molar-refractivity contribution in [3.05, 3.63) is 34.2 Å². The maximum Gasteiger partial charge on any atom is 0.356 e. The molecule has 0 unspecified atom stereocenters. The summed E-state index contributed by atoms with van der Waals surface area (Å²) in [5, 5.41) is 9.96. The molecule has 1 N–H and O–H groups in total. The van der Waals surface area contributed by atoms with Crippen molar-refractivity contribution >= 4 is 23.2 Å². The number of fused-ring (bicyclic) bond motifs is 1. The molecule has 2 aromatic heterocycles. The topological polar surface area (TPSA) is 57.8 Å². The number of imidazole rings is 1. The molecule has 0 spiro atoms. The van der Waals surface area contributed by atoms with Crippen LogP contribution in [-0.4, -0.2) is 38.4 Å². The number of hydrogen-bond donors (Lipinski definition) is 1. The Labute approximate surface area is 121 Å². The van der Waals surface area contributed by atoms with E-state index in [0.29, 0.717) is 22.9 Å². The van der Waals surface area contributed by atoms with Gasteiger partial charge in [0.2, 0.25) is 0 Å². The number of rotatable bonds is 3. The third-order valence-electron chi connectivity index (χ3n) is 3.74. The highest BCUT2D eigenvalue weighted by Crippen LogP contribution is 2.23. The molecule has 0 aliphatic carbocycles. The zero-order valence-corrected chi connectivity index (χ0v) is 12.0. The minimum atomic E-state index is -0.988. The summed E-state index contributed by atoms with van der Waals surface area (Å²) in [5.41, 5.74) is 2.39. The van der Waals surface area contributed by atoms with Gasteiger partial charge in [-0.25, -0.2) is 9.78 Å². The van der Waals surface area contributed by atoms with Crippen molar-refractivity contribution in [3.63, 3.8) is 0 Å². The van der Waals surface area contributed by atoms with E-state index in [0.717, 1.165) is 18.7 Å². The Morgan fingerprint density at radius 2 is 2.15 bits per heavy atom. The molecule has 1 fully saturated rings. The van der Waals surface area contributed by atoms with Gasteiger partial charge < -0.3 is 9.51 Å². The molecule has 0 atom stereocenters. The average Bonchev–Trinajstić information content (AvgIpc) is 2.98. The van der Waals surface area contributed by atoms with E-state index < -0.39 is 5.97 Å². The van der Waals surface area contributed by atoms with Crippen molar-refractivity contribution in [1.29, 1.82) is 0 Å². The fourth-order valence-corrected chi connectivity index (χ4v) is 3.05. The fourth-order valence-electron chi connectivity index (χ4n) is 2.79. The minimum Gasteiger partial charge on any atom is -0.476 e. The van der Waals surface area contributed by atoms with Gasteiger partial charge in [0.1, 0.15) is 5.65 Å². The molecular formula is C14H16ClN3O2. The summed E-state index contributed by atoms with van der Waals surface area (Å²) in [5.74, 6) is -0.988. The number of nitrogens with zero attached hydrogens (tertiary/aromatic N) is 3. The number of carbonyl (C=O) groups is 1. The number of aryl methyl sites for hydroxylation is 1. The largest absolute Gasteiger partial charge is 0.476 e. The van der Waals surface area contributed by atoms with Crippen LogP contribution in [0.3, 0.4) is 0 Å². The van der Waals surface area contributed by atoms with Crippen LogP contribution >= 0.6 is 11.6 Å². The van der Waals surface area contributed by atoms with Gasteiger partial charge in [-0.1, -0.05) is 11.6 Å². The molecular weight excluding hydrogens is 278 g/mol. The molecule has 6 heteroatoms. The lowest BCUT2D eigenvalue weighted by Crippen LogP contribution is -2.21. The predicted octanol–water partition coefficient (Wildman–Crippen LogP) is 2.59. The smallest absolute Gasteiger partial charge is 0.356 e. The van der Waals surface area contributed by atoms with Gasteiger partial charge in [0.15, 0.2) is 5.69 Å². The van der Waals surface area contributed by atoms with Gasteiger partial charge in [0.05, 0.1) is 10.7 Å². The zero-order valence-electron chi connectivity index (χ0n) is 11.3. The molecule has 0 radical (unpaired) electrons. The van der Waals surface area contributed by atoms with Crippen molar-refractivity contribution in [1.82, 2.24) is 14.3 Å². The minimum absolute atomic E-state index is 0.127. The molecule has 0 amide bonds. The zero-order chi connectivity index (χ0) is 14.3. The van der Waals surface area contributed by atoms with Crippen molar-refractivity contribution < 1.29 is 9.90 Å². The molecule has 1 saturated heterocycles. The molecule has 0 saturated carbocycles. The highest BCUT2D eigenvalue weighted by molar-refractivity contribution is 6.30. The van der Waals surface area contributed by atoms with Crippen LogP contribution < -0.4 is 0 Å². The van der Waals surface area contributed by atoms with Gasteiger partial charge >= 0.3 is 5.97 Å². The summed E-state index contributed by atoms with van der Waals surface area (Å²) in [6.07, 6.45) is 4.08. The van der Waals surface area contributed by atoms with Gasteiger partial charge in [0.25, 0.3) is 0 Å². The lowest BCUT2D eigenvalue weighted by molar-refractivity contribution is 0.0688. The Bertz CT molecular complexity index is 675. The van der Waals surface area contributed by atoms with E-state index in [1.807, 2.05) is 11.3 Å². The lowest BCUT2D eigenvalue weighted by atomic mass is 10.3. The quantitative estimate of drug-likeness (QED) is 0.945. The van der Waals surface area contributed by atoms with E-state index in [2.05, 4.69) is 9.88 Å². The normalized spacial score (nSPS) is 16.1. The first-order chi connectivity index (χ1) is 9.56. The molecule has 20 heavy (non-hydrogen) atoms. The lowest BCUT2D eigenvalue weighted by Gasteiger charge is -2.15. The number of pyridine rings is 1. The number of carboxylic acid groups (broad SMARTS) is 1. The monoisotopic (exact) mass is 293 g/mol. The van der Waals surface area contributed by atoms with Crippen molar-refractivity contribution in [2.24, 2.45) is 0 Å². The summed E-state index contributed by atoms with van der Waals surface area (Å²) in [6.45, 7) is 4.50. The molecule has 0 bridgehead atoms. The van der Waals surface area contributed by atoms with Gasteiger partial charge in [-0.2, -0.15) is 0 Å². The predicted molar refractivity (Wildman–Crippen MR) is 76.4 cm³/mol. The molecule has 1 aliphatic rings. The van der Waals surface area contributed by atoms with Crippen LogP contribution in [-0.2, 0) is 6.54 Å². The molecule has 1 aliphatic heterocycles. The van der Waals surface area contributed by atoms with Gasteiger partial charge in [-0.15, -0.1) is 0 Å². The van der Waals surface area contributed by atoms with Crippen molar-refractivity contribution in [2.45, 2.75) is 26.3 Å². The molecule has 3 rings (SSSR count). The van der Waals surface area contributed by atoms with E-state index in [1.165, 1.54) is 12.8 Å². The molecule has 0 aromatic carbocycles. The van der Waals surface area contributed by atoms with Crippen LogP contribution in [0.5, 0.6) is 0 Å². The number of halogens is 1. The Hall–Kier alpha value is -1.59. The highest BCUT2D eigenvalue weighted by atomic mass is 35.5. The third-order valence-corrected chi connectivity index (χ3v) is 3.95. The first kappa shape index (κ1) is 13.4.